The van der Waals surface area contributed by atoms with Crippen molar-refractivity contribution < 1.29 is 13.2 Å². The standard InChI is InChI=1S/C10H19F3N2.ClH/c1-14-5-2-9-3-6-15(7-4-9)8-10(11,12)13;/h9,14H,2-8H2,1H3;1H. The van der Waals surface area contributed by atoms with Gasteiger partial charge in [0.2, 0.25) is 0 Å². The lowest BCUT2D eigenvalue weighted by atomic mass is 9.93. The molecule has 0 aromatic rings. The first-order chi connectivity index (χ1) is 7.01. The monoisotopic (exact) mass is 260 g/mol. The van der Waals surface area contributed by atoms with Crippen molar-refractivity contribution in [1.29, 1.82) is 0 Å². The first-order valence-electron chi connectivity index (χ1n) is 5.45. The molecule has 0 unspecified atom stereocenters. The zero-order chi connectivity index (χ0) is 11.3. The van der Waals surface area contributed by atoms with Crippen molar-refractivity contribution >= 4 is 12.4 Å². The molecule has 0 aromatic carbocycles. The maximum atomic E-state index is 12.1. The summed E-state index contributed by atoms with van der Waals surface area (Å²) in [6.07, 6.45) is -1.16. The van der Waals surface area contributed by atoms with Crippen LogP contribution in [0.3, 0.4) is 0 Å². The lowest BCUT2D eigenvalue weighted by Crippen LogP contribution is -2.40. The Balaban J connectivity index is 0.00000225. The van der Waals surface area contributed by atoms with Crippen LogP contribution in [0.4, 0.5) is 13.2 Å². The van der Waals surface area contributed by atoms with Crippen molar-refractivity contribution in [2.45, 2.75) is 25.4 Å². The van der Waals surface area contributed by atoms with Gasteiger partial charge in [-0.3, -0.25) is 4.90 Å². The van der Waals surface area contributed by atoms with Crippen LogP contribution < -0.4 is 5.32 Å². The molecule has 0 saturated carbocycles. The number of hydrogen-bond acceptors (Lipinski definition) is 2. The predicted octanol–water partition coefficient (Wildman–Crippen LogP) is 2.29. The molecule has 98 valence electrons. The maximum absolute atomic E-state index is 12.1. The van der Waals surface area contributed by atoms with Crippen LogP contribution in [0, 0.1) is 5.92 Å². The first kappa shape index (κ1) is 16.0. The molecule has 2 nitrogen and oxygen atoms in total. The fraction of sp³-hybridized carbons (Fsp3) is 1.00. The summed E-state index contributed by atoms with van der Waals surface area (Å²) in [5.41, 5.74) is 0. The van der Waals surface area contributed by atoms with Crippen LogP contribution in [0.1, 0.15) is 19.3 Å². The highest BCUT2D eigenvalue weighted by Gasteiger charge is 2.32. The molecule has 0 bridgehead atoms. The second-order valence-corrected chi connectivity index (χ2v) is 4.23. The smallest absolute Gasteiger partial charge is 0.320 e. The average Bonchev–Trinajstić information content (AvgIpc) is 2.14. The van der Waals surface area contributed by atoms with Gasteiger partial charge in [0.15, 0.2) is 0 Å². The minimum absolute atomic E-state index is 0. The number of hydrogen-bond donors (Lipinski definition) is 1. The van der Waals surface area contributed by atoms with E-state index in [-0.39, 0.29) is 12.4 Å². The van der Waals surface area contributed by atoms with Crippen molar-refractivity contribution in [2.75, 3.05) is 33.2 Å². The molecule has 1 fully saturated rings. The number of halogens is 4. The highest BCUT2D eigenvalue weighted by molar-refractivity contribution is 5.85. The van der Waals surface area contributed by atoms with Crippen LogP contribution in [0.5, 0.6) is 0 Å². The molecule has 1 rings (SSSR count). The number of piperidine rings is 1. The number of likely N-dealkylation sites (tertiary alicyclic amines) is 1. The van der Waals surface area contributed by atoms with Gasteiger partial charge in [0.1, 0.15) is 0 Å². The summed E-state index contributed by atoms with van der Waals surface area (Å²) < 4.78 is 36.3. The number of nitrogens with zero attached hydrogens (tertiary/aromatic N) is 1. The molecule has 1 saturated heterocycles. The Morgan fingerprint density at radius 3 is 2.25 bits per heavy atom. The zero-order valence-corrected chi connectivity index (χ0v) is 10.3. The quantitative estimate of drug-likeness (QED) is 0.834. The second-order valence-electron chi connectivity index (χ2n) is 4.23. The van der Waals surface area contributed by atoms with Gasteiger partial charge in [-0.15, -0.1) is 12.4 Å². The van der Waals surface area contributed by atoms with E-state index in [0.717, 1.165) is 25.8 Å². The molecule has 0 atom stereocenters. The van der Waals surface area contributed by atoms with Gasteiger partial charge in [-0.25, -0.2) is 0 Å². The Bertz CT molecular complexity index is 179. The van der Waals surface area contributed by atoms with Crippen LogP contribution in [0.15, 0.2) is 0 Å². The van der Waals surface area contributed by atoms with E-state index in [2.05, 4.69) is 5.32 Å². The average molecular weight is 261 g/mol. The van der Waals surface area contributed by atoms with E-state index in [0.29, 0.717) is 19.0 Å². The van der Waals surface area contributed by atoms with E-state index < -0.39 is 12.7 Å². The molecule has 1 aliphatic heterocycles. The summed E-state index contributed by atoms with van der Waals surface area (Å²) in [6, 6.07) is 0. The van der Waals surface area contributed by atoms with Crippen molar-refractivity contribution in [3.8, 4) is 0 Å². The summed E-state index contributed by atoms with van der Waals surface area (Å²) in [6.45, 7) is 1.40. The van der Waals surface area contributed by atoms with Crippen molar-refractivity contribution in [1.82, 2.24) is 10.2 Å². The van der Waals surface area contributed by atoms with Crippen LogP contribution in [-0.4, -0.2) is 44.3 Å². The molecule has 0 radical (unpaired) electrons. The fourth-order valence-electron chi connectivity index (χ4n) is 2.04. The first-order valence-corrected chi connectivity index (χ1v) is 5.45. The summed E-state index contributed by atoms with van der Waals surface area (Å²) in [5, 5.41) is 3.07. The lowest BCUT2D eigenvalue weighted by molar-refractivity contribution is -0.148. The Kier molecular flexibility index (Phi) is 7.35. The number of alkyl halides is 3. The summed E-state index contributed by atoms with van der Waals surface area (Å²) >= 11 is 0. The molecule has 0 spiro atoms. The van der Waals surface area contributed by atoms with Crippen LogP contribution >= 0.6 is 12.4 Å². The normalized spacial score (nSPS) is 19.5. The minimum atomic E-state index is -4.04. The van der Waals surface area contributed by atoms with Gasteiger partial charge < -0.3 is 5.32 Å². The lowest BCUT2D eigenvalue weighted by Gasteiger charge is -2.32. The molecule has 1 N–H and O–H groups in total. The molecular formula is C10H20ClF3N2. The van der Waals surface area contributed by atoms with Gasteiger partial charge in [0.25, 0.3) is 0 Å². The molecule has 0 aromatic heterocycles. The Hall–Kier alpha value is -0.0000000000000000555. The topological polar surface area (TPSA) is 15.3 Å². The van der Waals surface area contributed by atoms with E-state index in [1.165, 1.54) is 4.90 Å². The molecule has 0 amide bonds. The summed E-state index contributed by atoms with van der Waals surface area (Å²) in [5.74, 6) is 0.599. The largest absolute Gasteiger partial charge is 0.401 e. The van der Waals surface area contributed by atoms with Crippen LogP contribution in [0.25, 0.3) is 0 Å². The van der Waals surface area contributed by atoms with Crippen LogP contribution in [0.2, 0.25) is 0 Å². The number of rotatable bonds is 4. The van der Waals surface area contributed by atoms with E-state index in [1.807, 2.05) is 7.05 Å². The van der Waals surface area contributed by atoms with Gasteiger partial charge in [0, 0.05) is 0 Å². The summed E-state index contributed by atoms with van der Waals surface area (Å²) in [7, 11) is 1.90. The van der Waals surface area contributed by atoms with Gasteiger partial charge in [-0.05, 0) is 51.9 Å². The van der Waals surface area contributed by atoms with Crippen molar-refractivity contribution in [3.05, 3.63) is 0 Å². The minimum Gasteiger partial charge on any atom is -0.320 e. The molecular weight excluding hydrogens is 241 g/mol. The van der Waals surface area contributed by atoms with Crippen molar-refractivity contribution in [2.24, 2.45) is 5.92 Å². The molecule has 1 aliphatic rings. The molecule has 16 heavy (non-hydrogen) atoms. The molecule has 1 heterocycles. The third-order valence-corrected chi connectivity index (χ3v) is 2.91. The van der Waals surface area contributed by atoms with Gasteiger partial charge in [0.05, 0.1) is 6.54 Å². The predicted molar refractivity (Wildman–Crippen MR) is 61.0 cm³/mol. The number of nitrogens with one attached hydrogen (secondary N) is 1. The zero-order valence-electron chi connectivity index (χ0n) is 9.52. The Labute approximate surface area is 101 Å². The molecule has 6 heteroatoms. The fourth-order valence-corrected chi connectivity index (χ4v) is 2.04. The third-order valence-electron chi connectivity index (χ3n) is 2.91. The maximum Gasteiger partial charge on any atom is 0.401 e. The van der Waals surface area contributed by atoms with E-state index >= 15 is 0 Å². The molecule has 0 aliphatic carbocycles. The van der Waals surface area contributed by atoms with Gasteiger partial charge in [-0.1, -0.05) is 0 Å². The van der Waals surface area contributed by atoms with E-state index in [1.54, 1.807) is 0 Å². The highest BCUT2D eigenvalue weighted by Crippen LogP contribution is 2.23. The van der Waals surface area contributed by atoms with E-state index in [4.69, 9.17) is 0 Å². The Morgan fingerprint density at radius 2 is 1.81 bits per heavy atom. The van der Waals surface area contributed by atoms with Gasteiger partial charge >= 0.3 is 6.18 Å². The summed E-state index contributed by atoms with van der Waals surface area (Å²) in [4.78, 5) is 1.51. The highest BCUT2D eigenvalue weighted by atomic mass is 35.5. The van der Waals surface area contributed by atoms with E-state index in [9.17, 15) is 13.2 Å². The van der Waals surface area contributed by atoms with Gasteiger partial charge in [-0.2, -0.15) is 13.2 Å². The Morgan fingerprint density at radius 1 is 1.25 bits per heavy atom. The van der Waals surface area contributed by atoms with Crippen LogP contribution in [-0.2, 0) is 0 Å². The SMILES string of the molecule is CNCCC1CCN(CC(F)(F)F)CC1.Cl. The van der Waals surface area contributed by atoms with Crippen molar-refractivity contribution in [3.63, 3.8) is 0 Å². The third kappa shape index (κ3) is 6.55. The second kappa shape index (κ2) is 7.35.